The van der Waals surface area contributed by atoms with Gasteiger partial charge in [0.05, 0.1) is 5.75 Å². The third-order valence-corrected chi connectivity index (χ3v) is 4.31. The van der Waals surface area contributed by atoms with Crippen LogP contribution in [0.2, 0.25) is 0 Å². The molecule has 0 unspecified atom stereocenters. The van der Waals surface area contributed by atoms with Crippen LogP contribution in [0.25, 0.3) is 0 Å². The van der Waals surface area contributed by atoms with E-state index >= 15 is 0 Å². The van der Waals surface area contributed by atoms with Crippen LogP contribution in [0.4, 0.5) is 5.69 Å². The number of hydrogen-bond donors (Lipinski definition) is 1. The molecule has 0 saturated carbocycles. The zero-order valence-corrected chi connectivity index (χ0v) is 14.3. The van der Waals surface area contributed by atoms with Gasteiger partial charge in [-0.15, -0.1) is 10.2 Å². The Morgan fingerprint density at radius 1 is 1.39 bits per heavy atom. The second-order valence-corrected chi connectivity index (χ2v) is 5.94. The van der Waals surface area contributed by atoms with Crippen molar-refractivity contribution in [2.45, 2.75) is 31.5 Å². The monoisotopic (exact) mass is 334 g/mol. The van der Waals surface area contributed by atoms with Gasteiger partial charge in [-0.05, 0) is 24.5 Å². The summed E-state index contributed by atoms with van der Waals surface area (Å²) in [6, 6.07) is 7.85. The lowest BCUT2D eigenvalue weighted by atomic mass is 10.1. The molecule has 0 aliphatic carbocycles. The van der Waals surface area contributed by atoms with Crippen LogP contribution >= 0.6 is 11.8 Å². The van der Waals surface area contributed by atoms with Gasteiger partial charge in [0.25, 0.3) is 0 Å². The van der Waals surface area contributed by atoms with Crippen LogP contribution in [-0.2, 0) is 22.5 Å². The van der Waals surface area contributed by atoms with E-state index in [0.717, 1.165) is 35.8 Å². The summed E-state index contributed by atoms with van der Waals surface area (Å²) in [6.45, 7) is 3.54. The van der Waals surface area contributed by atoms with Gasteiger partial charge in [-0.2, -0.15) is 0 Å². The molecule has 0 bridgehead atoms. The Balaban J connectivity index is 1.86. The van der Waals surface area contributed by atoms with E-state index in [0.29, 0.717) is 12.4 Å². The number of thioether (sulfide) groups is 1. The number of hydrogen-bond acceptors (Lipinski definition) is 5. The van der Waals surface area contributed by atoms with Crippen molar-refractivity contribution in [3.05, 3.63) is 36.2 Å². The Kier molecular flexibility index (Phi) is 7.09. The number of ether oxygens (including phenoxy) is 1. The molecule has 1 heterocycles. The van der Waals surface area contributed by atoms with Crippen LogP contribution in [0, 0.1) is 0 Å². The maximum Gasteiger partial charge on any atom is 0.234 e. The molecule has 1 amide bonds. The lowest BCUT2D eigenvalue weighted by Gasteiger charge is -2.09. The first-order valence-electron chi connectivity index (χ1n) is 7.62. The van der Waals surface area contributed by atoms with Gasteiger partial charge in [0.15, 0.2) is 5.16 Å². The normalized spacial score (nSPS) is 10.7. The Morgan fingerprint density at radius 2 is 2.22 bits per heavy atom. The van der Waals surface area contributed by atoms with E-state index < -0.39 is 0 Å². The Labute approximate surface area is 140 Å². The third-order valence-electron chi connectivity index (χ3n) is 3.33. The minimum atomic E-state index is -0.0395. The quantitative estimate of drug-likeness (QED) is 0.564. The fourth-order valence-electron chi connectivity index (χ4n) is 2.16. The number of aromatic nitrogens is 3. The summed E-state index contributed by atoms with van der Waals surface area (Å²) >= 11 is 1.39. The number of aryl methyl sites for hydroxylation is 2. The van der Waals surface area contributed by atoms with Crippen LogP contribution in [0.3, 0.4) is 0 Å². The number of rotatable bonds is 9. The van der Waals surface area contributed by atoms with Crippen LogP contribution in [0.15, 0.2) is 35.7 Å². The molecule has 2 rings (SSSR count). The molecule has 0 fully saturated rings. The number of nitrogens with zero attached hydrogens (tertiary/aromatic N) is 3. The lowest BCUT2D eigenvalue weighted by Crippen LogP contribution is -2.15. The highest BCUT2D eigenvalue weighted by molar-refractivity contribution is 7.99. The molecule has 6 nitrogen and oxygen atoms in total. The number of carbonyl (C=O) groups excluding carboxylic acids is 1. The molecule has 0 atom stereocenters. The van der Waals surface area contributed by atoms with Crippen molar-refractivity contribution in [1.29, 1.82) is 0 Å². The second kappa shape index (κ2) is 9.32. The van der Waals surface area contributed by atoms with E-state index in [9.17, 15) is 4.79 Å². The van der Waals surface area contributed by atoms with Crippen molar-refractivity contribution in [3.8, 4) is 0 Å². The number of anilines is 1. The van der Waals surface area contributed by atoms with Crippen LogP contribution in [0.1, 0.15) is 18.9 Å². The van der Waals surface area contributed by atoms with Crippen LogP contribution in [0.5, 0.6) is 0 Å². The number of amides is 1. The van der Waals surface area contributed by atoms with Gasteiger partial charge in [0, 0.05) is 25.9 Å². The predicted molar refractivity (Wildman–Crippen MR) is 91.7 cm³/mol. The summed E-state index contributed by atoms with van der Waals surface area (Å²) in [5.74, 6) is 0.267. The zero-order valence-electron chi connectivity index (χ0n) is 13.5. The molecule has 23 heavy (non-hydrogen) atoms. The summed E-state index contributed by atoms with van der Waals surface area (Å²) in [4.78, 5) is 12.1. The molecule has 1 aromatic carbocycles. The van der Waals surface area contributed by atoms with Gasteiger partial charge in [-0.3, -0.25) is 4.79 Å². The van der Waals surface area contributed by atoms with Crippen molar-refractivity contribution in [2.75, 3.05) is 24.8 Å². The molecule has 0 spiro atoms. The Morgan fingerprint density at radius 3 is 3.00 bits per heavy atom. The molecular weight excluding hydrogens is 312 g/mol. The summed E-state index contributed by atoms with van der Waals surface area (Å²) in [5, 5.41) is 11.7. The minimum Gasteiger partial charge on any atom is -0.385 e. The average molecular weight is 334 g/mol. The molecule has 2 aromatic rings. The molecular formula is C16H22N4O2S. The number of carbonyl (C=O) groups is 1. The Hall–Kier alpha value is -1.86. The van der Waals surface area contributed by atoms with E-state index in [1.54, 1.807) is 13.4 Å². The van der Waals surface area contributed by atoms with Gasteiger partial charge < -0.3 is 14.6 Å². The number of benzene rings is 1. The van der Waals surface area contributed by atoms with E-state index in [4.69, 9.17) is 4.74 Å². The van der Waals surface area contributed by atoms with Crippen molar-refractivity contribution in [1.82, 2.24) is 14.8 Å². The SMILES string of the molecule is CCc1ccccc1NC(=O)CSc1nncn1CCCOC. The molecule has 1 aromatic heterocycles. The molecule has 7 heteroatoms. The van der Waals surface area contributed by atoms with Crippen molar-refractivity contribution >= 4 is 23.4 Å². The number of para-hydroxylation sites is 1. The summed E-state index contributed by atoms with van der Waals surface area (Å²) in [6.07, 6.45) is 3.46. The second-order valence-electron chi connectivity index (χ2n) is 5.00. The molecule has 124 valence electrons. The summed E-state index contributed by atoms with van der Waals surface area (Å²) in [7, 11) is 1.68. The maximum atomic E-state index is 12.1. The summed E-state index contributed by atoms with van der Waals surface area (Å²) < 4.78 is 6.98. The van der Waals surface area contributed by atoms with E-state index in [1.807, 2.05) is 28.8 Å². The Bertz CT molecular complexity index is 630. The highest BCUT2D eigenvalue weighted by atomic mass is 32.2. The topological polar surface area (TPSA) is 69.0 Å². The largest absolute Gasteiger partial charge is 0.385 e. The molecule has 0 aliphatic heterocycles. The van der Waals surface area contributed by atoms with Crippen molar-refractivity contribution in [3.63, 3.8) is 0 Å². The van der Waals surface area contributed by atoms with E-state index in [2.05, 4.69) is 22.4 Å². The van der Waals surface area contributed by atoms with Crippen LogP contribution < -0.4 is 5.32 Å². The smallest absolute Gasteiger partial charge is 0.234 e. The lowest BCUT2D eigenvalue weighted by molar-refractivity contribution is -0.113. The maximum absolute atomic E-state index is 12.1. The standard InChI is InChI=1S/C16H22N4O2S/c1-3-13-7-4-5-8-14(13)18-15(21)11-23-16-19-17-12-20(16)9-6-10-22-2/h4-5,7-8,12H,3,6,9-11H2,1-2H3,(H,18,21). The fraction of sp³-hybridized carbons (Fsp3) is 0.438. The zero-order chi connectivity index (χ0) is 16.5. The third kappa shape index (κ3) is 5.37. The fourth-order valence-corrected chi connectivity index (χ4v) is 2.90. The van der Waals surface area contributed by atoms with Gasteiger partial charge in [0.2, 0.25) is 5.91 Å². The van der Waals surface area contributed by atoms with E-state index in [-0.39, 0.29) is 5.91 Å². The first kappa shape index (κ1) is 17.5. The van der Waals surface area contributed by atoms with Gasteiger partial charge in [0.1, 0.15) is 6.33 Å². The predicted octanol–water partition coefficient (Wildman–Crippen LogP) is 2.61. The highest BCUT2D eigenvalue weighted by Gasteiger charge is 2.10. The highest BCUT2D eigenvalue weighted by Crippen LogP contribution is 2.18. The van der Waals surface area contributed by atoms with Crippen LogP contribution in [-0.4, -0.2) is 40.1 Å². The number of methoxy groups -OCH3 is 1. The summed E-state index contributed by atoms with van der Waals surface area (Å²) in [5.41, 5.74) is 2.01. The van der Waals surface area contributed by atoms with Gasteiger partial charge in [-0.1, -0.05) is 36.9 Å². The molecule has 0 aliphatic rings. The average Bonchev–Trinajstić information content (AvgIpc) is 3.01. The minimum absolute atomic E-state index is 0.0395. The molecule has 0 saturated heterocycles. The van der Waals surface area contributed by atoms with E-state index in [1.165, 1.54) is 11.8 Å². The number of nitrogens with one attached hydrogen (secondary N) is 1. The van der Waals surface area contributed by atoms with Crippen molar-refractivity contribution in [2.24, 2.45) is 0 Å². The van der Waals surface area contributed by atoms with Gasteiger partial charge in [-0.25, -0.2) is 0 Å². The molecule has 0 radical (unpaired) electrons. The van der Waals surface area contributed by atoms with Crippen molar-refractivity contribution < 1.29 is 9.53 Å². The first-order chi connectivity index (χ1) is 11.2. The van der Waals surface area contributed by atoms with Gasteiger partial charge >= 0.3 is 0 Å². The molecule has 1 N–H and O–H groups in total. The first-order valence-corrected chi connectivity index (χ1v) is 8.60.